The van der Waals surface area contributed by atoms with E-state index >= 15 is 0 Å². The van der Waals surface area contributed by atoms with E-state index in [1.807, 2.05) is 49.4 Å². The molecule has 0 atom stereocenters. The molecule has 0 radical (unpaired) electrons. The molecule has 118 valence electrons. The quantitative estimate of drug-likeness (QED) is 0.781. The number of hydrogen-bond donors (Lipinski definition) is 1. The highest BCUT2D eigenvalue weighted by Gasteiger charge is 2.12. The van der Waals surface area contributed by atoms with Gasteiger partial charge in [-0.1, -0.05) is 37.3 Å². The smallest absolute Gasteiger partial charge is 0.251 e. The molecule has 3 rings (SSSR count). The summed E-state index contributed by atoms with van der Waals surface area (Å²) in [5, 5.41) is 2.99. The van der Waals surface area contributed by atoms with Gasteiger partial charge in [-0.2, -0.15) is 0 Å². The van der Waals surface area contributed by atoms with Crippen LogP contribution in [0.5, 0.6) is 0 Å². The fraction of sp³-hybridized carbons (Fsp3) is 0.263. The molecule has 0 saturated heterocycles. The fourth-order valence-corrected chi connectivity index (χ4v) is 2.82. The number of carbonyl (C=O) groups is 1. The Morgan fingerprint density at radius 2 is 1.87 bits per heavy atom. The molecular formula is C19H21N3O. The first-order valence-corrected chi connectivity index (χ1v) is 7.98. The number of nitrogens with zero attached hydrogens (tertiary/aromatic N) is 2. The zero-order chi connectivity index (χ0) is 16.2. The summed E-state index contributed by atoms with van der Waals surface area (Å²) >= 11 is 0. The van der Waals surface area contributed by atoms with Crippen LogP contribution < -0.4 is 5.32 Å². The zero-order valence-corrected chi connectivity index (χ0v) is 13.5. The van der Waals surface area contributed by atoms with Gasteiger partial charge in [0, 0.05) is 12.1 Å². The topological polar surface area (TPSA) is 46.9 Å². The van der Waals surface area contributed by atoms with Crippen LogP contribution in [0.3, 0.4) is 0 Å². The summed E-state index contributed by atoms with van der Waals surface area (Å²) in [6.07, 6.45) is 1.03. The number of nitrogens with one attached hydrogen (secondary N) is 1. The van der Waals surface area contributed by atoms with E-state index in [0.717, 1.165) is 35.4 Å². The minimum atomic E-state index is -0.0572. The highest BCUT2D eigenvalue weighted by Crippen LogP contribution is 2.16. The minimum Gasteiger partial charge on any atom is -0.345 e. The van der Waals surface area contributed by atoms with Crippen LogP contribution in [0.1, 0.15) is 35.1 Å². The van der Waals surface area contributed by atoms with Crippen molar-refractivity contribution in [3.05, 3.63) is 65.5 Å². The van der Waals surface area contributed by atoms with Gasteiger partial charge in [-0.05, 0) is 37.1 Å². The van der Waals surface area contributed by atoms with Crippen molar-refractivity contribution in [3.8, 4) is 0 Å². The molecule has 0 saturated carbocycles. The molecule has 0 aliphatic rings. The Balaban J connectivity index is 1.83. The van der Waals surface area contributed by atoms with Crippen LogP contribution in [0, 0.1) is 6.92 Å². The number of aryl methyl sites for hydroxylation is 2. The number of fused-ring (bicyclic) bond motifs is 1. The zero-order valence-electron chi connectivity index (χ0n) is 13.5. The van der Waals surface area contributed by atoms with Crippen molar-refractivity contribution in [2.75, 3.05) is 0 Å². The van der Waals surface area contributed by atoms with Crippen molar-refractivity contribution < 1.29 is 4.79 Å². The summed E-state index contributed by atoms with van der Waals surface area (Å²) in [7, 11) is 0. The van der Waals surface area contributed by atoms with E-state index in [2.05, 4.69) is 27.9 Å². The molecule has 1 heterocycles. The van der Waals surface area contributed by atoms with Gasteiger partial charge < -0.3 is 9.88 Å². The van der Waals surface area contributed by atoms with E-state index < -0.39 is 0 Å². The molecule has 0 aliphatic heterocycles. The van der Waals surface area contributed by atoms with Gasteiger partial charge in [0.25, 0.3) is 5.91 Å². The standard InChI is InChI=1S/C19H21N3O/c1-3-12-22-17-11-7-6-10-16(17)21-18(22)13-20-19(23)15-9-5-4-8-14(15)2/h4-11H,3,12-13H2,1-2H3,(H,20,23). The summed E-state index contributed by atoms with van der Waals surface area (Å²) in [5.74, 6) is 0.841. The van der Waals surface area contributed by atoms with Crippen LogP contribution in [0.15, 0.2) is 48.5 Å². The Kier molecular flexibility index (Phi) is 4.42. The Morgan fingerprint density at radius 3 is 2.65 bits per heavy atom. The van der Waals surface area contributed by atoms with E-state index in [-0.39, 0.29) is 5.91 Å². The summed E-state index contributed by atoms with van der Waals surface area (Å²) < 4.78 is 2.19. The number of amides is 1. The second-order valence-electron chi connectivity index (χ2n) is 5.67. The highest BCUT2D eigenvalue weighted by atomic mass is 16.1. The largest absolute Gasteiger partial charge is 0.345 e. The molecule has 1 amide bonds. The Bertz CT molecular complexity index is 836. The normalized spacial score (nSPS) is 10.9. The predicted molar refractivity (Wildman–Crippen MR) is 92.4 cm³/mol. The maximum Gasteiger partial charge on any atom is 0.251 e. The van der Waals surface area contributed by atoms with E-state index in [4.69, 9.17) is 0 Å². The molecule has 0 fully saturated rings. The molecular weight excluding hydrogens is 286 g/mol. The van der Waals surface area contributed by atoms with E-state index in [9.17, 15) is 4.79 Å². The van der Waals surface area contributed by atoms with Gasteiger partial charge in [0.1, 0.15) is 5.82 Å². The van der Waals surface area contributed by atoms with Gasteiger partial charge in [-0.15, -0.1) is 0 Å². The number of carbonyl (C=O) groups excluding carboxylic acids is 1. The van der Waals surface area contributed by atoms with Crippen LogP contribution in [0.25, 0.3) is 11.0 Å². The molecule has 0 bridgehead atoms. The third kappa shape index (κ3) is 3.11. The minimum absolute atomic E-state index is 0.0572. The predicted octanol–water partition coefficient (Wildman–Crippen LogP) is 3.68. The molecule has 23 heavy (non-hydrogen) atoms. The van der Waals surface area contributed by atoms with Gasteiger partial charge in [0.15, 0.2) is 0 Å². The lowest BCUT2D eigenvalue weighted by atomic mass is 10.1. The molecule has 4 nitrogen and oxygen atoms in total. The van der Waals surface area contributed by atoms with Crippen molar-refractivity contribution in [2.24, 2.45) is 0 Å². The highest BCUT2D eigenvalue weighted by molar-refractivity contribution is 5.95. The van der Waals surface area contributed by atoms with E-state index in [1.54, 1.807) is 0 Å². The second kappa shape index (κ2) is 6.65. The van der Waals surface area contributed by atoms with Gasteiger partial charge in [0.05, 0.1) is 17.6 Å². The van der Waals surface area contributed by atoms with Gasteiger partial charge >= 0.3 is 0 Å². The third-order valence-electron chi connectivity index (χ3n) is 3.98. The van der Waals surface area contributed by atoms with Crippen LogP contribution in [0.4, 0.5) is 0 Å². The number of aromatic nitrogens is 2. The van der Waals surface area contributed by atoms with Crippen molar-refractivity contribution in [2.45, 2.75) is 33.4 Å². The summed E-state index contributed by atoms with van der Waals surface area (Å²) in [6.45, 7) is 5.42. The van der Waals surface area contributed by atoms with Crippen molar-refractivity contribution in [3.63, 3.8) is 0 Å². The molecule has 1 aromatic heterocycles. The van der Waals surface area contributed by atoms with Crippen LogP contribution in [-0.4, -0.2) is 15.5 Å². The van der Waals surface area contributed by atoms with Gasteiger partial charge in [-0.25, -0.2) is 4.98 Å². The van der Waals surface area contributed by atoms with Crippen LogP contribution in [0.2, 0.25) is 0 Å². The number of para-hydroxylation sites is 2. The van der Waals surface area contributed by atoms with Crippen LogP contribution >= 0.6 is 0 Å². The Hall–Kier alpha value is -2.62. The number of hydrogen-bond acceptors (Lipinski definition) is 2. The lowest BCUT2D eigenvalue weighted by Gasteiger charge is -2.10. The second-order valence-corrected chi connectivity index (χ2v) is 5.67. The van der Waals surface area contributed by atoms with E-state index in [0.29, 0.717) is 12.1 Å². The first-order chi connectivity index (χ1) is 11.2. The van der Waals surface area contributed by atoms with Crippen molar-refractivity contribution in [1.82, 2.24) is 14.9 Å². The first kappa shape index (κ1) is 15.3. The number of imidazole rings is 1. The summed E-state index contributed by atoms with van der Waals surface area (Å²) in [6, 6.07) is 15.7. The molecule has 1 N–H and O–H groups in total. The molecule has 3 aromatic rings. The lowest BCUT2D eigenvalue weighted by molar-refractivity contribution is 0.0949. The third-order valence-corrected chi connectivity index (χ3v) is 3.98. The maximum absolute atomic E-state index is 12.4. The number of benzene rings is 2. The monoisotopic (exact) mass is 307 g/mol. The molecule has 0 aliphatic carbocycles. The average molecular weight is 307 g/mol. The van der Waals surface area contributed by atoms with Gasteiger partial charge in [0.2, 0.25) is 0 Å². The Labute approximate surface area is 136 Å². The lowest BCUT2D eigenvalue weighted by Crippen LogP contribution is -2.25. The maximum atomic E-state index is 12.4. The SMILES string of the molecule is CCCn1c(CNC(=O)c2ccccc2C)nc2ccccc21. The molecule has 0 unspecified atom stereocenters. The summed E-state index contributed by atoms with van der Waals surface area (Å²) in [4.78, 5) is 17.0. The fourth-order valence-electron chi connectivity index (χ4n) is 2.82. The molecule has 4 heteroatoms. The average Bonchev–Trinajstić information content (AvgIpc) is 2.91. The molecule has 2 aromatic carbocycles. The Morgan fingerprint density at radius 1 is 1.13 bits per heavy atom. The van der Waals surface area contributed by atoms with Gasteiger partial charge in [-0.3, -0.25) is 4.79 Å². The van der Waals surface area contributed by atoms with E-state index in [1.165, 1.54) is 0 Å². The summed E-state index contributed by atoms with van der Waals surface area (Å²) in [5.41, 5.74) is 3.79. The molecule has 0 spiro atoms. The van der Waals surface area contributed by atoms with Crippen molar-refractivity contribution in [1.29, 1.82) is 0 Å². The van der Waals surface area contributed by atoms with Crippen LogP contribution in [-0.2, 0) is 13.1 Å². The van der Waals surface area contributed by atoms with Crippen molar-refractivity contribution >= 4 is 16.9 Å². The first-order valence-electron chi connectivity index (χ1n) is 7.98. The number of rotatable bonds is 5.